The smallest absolute Gasteiger partial charge is 0.337 e. The van der Waals surface area contributed by atoms with Crippen LogP contribution in [0.2, 0.25) is 0 Å². The van der Waals surface area contributed by atoms with E-state index in [9.17, 15) is 18.8 Å². The molecule has 1 saturated heterocycles. The Labute approximate surface area is 289 Å². The number of amides is 1. The van der Waals surface area contributed by atoms with E-state index in [-0.39, 0.29) is 28.7 Å². The van der Waals surface area contributed by atoms with E-state index >= 15 is 0 Å². The molecule has 2 fully saturated rings. The summed E-state index contributed by atoms with van der Waals surface area (Å²) in [6.45, 7) is 11.4. The lowest BCUT2D eigenvalue weighted by molar-refractivity contribution is 0.0912. The highest BCUT2D eigenvalue weighted by Gasteiger charge is 2.29. The molecule has 4 heterocycles. The first-order valence-electron chi connectivity index (χ1n) is 17.4. The highest BCUT2D eigenvalue weighted by molar-refractivity contribution is 5.92. The number of pyridine rings is 1. The van der Waals surface area contributed by atoms with Gasteiger partial charge in [-0.3, -0.25) is 24.0 Å². The maximum Gasteiger partial charge on any atom is 0.337 e. The van der Waals surface area contributed by atoms with E-state index in [2.05, 4.69) is 63.4 Å². The quantitative estimate of drug-likeness (QED) is 0.241. The summed E-state index contributed by atoms with van der Waals surface area (Å²) in [6.07, 6.45) is 3.09. The zero-order valence-electron chi connectivity index (χ0n) is 28.6. The first kappa shape index (κ1) is 33.6. The van der Waals surface area contributed by atoms with Crippen LogP contribution >= 0.6 is 0 Å². The van der Waals surface area contributed by atoms with Crippen LogP contribution in [0.1, 0.15) is 67.4 Å². The molecule has 3 aromatic heterocycles. The van der Waals surface area contributed by atoms with Gasteiger partial charge in [-0.05, 0) is 81.3 Å². The Morgan fingerprint density at radius 2 is 1.70 bits per heavy atom. The minimum Gasteiger partial charge on any atom is -0.361 e. The summed E-state index contributed by atoms with van der Waals surface area (Å²) >= 11 is 0. The van der Waals surface area contributed by atoms with Crippen molar-refractivity contribution in [3.8, 4) is 16.8 Å². The highest BCUT2D eigenvalue weighted by atomic mass is 19.1. The Morgan fingerprint density at radius 1 is 0.960 bits per heavy atom. The van der Waals surface area contributed by atoms with Gasteiger partial charge in [0.25, 0.3) is 11.5 Å². The number of nitrogens with one attached hydrogen (secondary N) is 1. The molecule has 1 amide bonds. The summed E-state index contributed by atoms with van der Waals surface area (Å²) in [5.74, 6) is -0.440. The van der Waals surface area contributed by atoms with E-state index in [1.54, 1.807) is 19.1 Å². The van der Waals surface area contributed by atoms with E-state index in [4.69, 9.17) is 4.52 Å². The van der Waals surface area contributed by atoms with E-state index < -0.39 is 23.1 Å². The van der Waals surface area contributed by atoms with Crippen molar-refractivity contribution >= 4 is 16.9 Å². The topological polar surface area (TPSA) is 118 Å². The maximum absolute atomic E-state index is 14.5. The summed E-state index contributed by atoms with van der Waals surface area (Å²) in [5.41, 5.74) is 2.87. The summed E-state index contributed by atoms with van der Waals surface area (Å²) in [6, 6.07) is 18.7. The van der Waals surface area contributed by atoms with Gasteiger partial charge in [0.15, 0.2) is 11.3 Å². The lowest BCUT2D eigenvalue weighted by atomic mass is 9.90. The molecule has 1 aliphatic carbocycles. The molecule has 0 radical (unpaired) electrons. The predicted octanol–water partition coefficient (Wildman–Crippen LogP) is 5.09. The lowest BCUT2D eigenvalue weighted by Gasteiger charge is -2.36. The number of benzene rings is 2. The number of nitrogens with zero attached hydrogens (tertiary/aromatic N) is 6. The molecule has 2 aromatic carbocycles. The number of carbonyl (C=O) groups is 1. The van der Waals surface area contributed by atoms with E-state index in [0.717, 1.165) is 56.1 Å². The van der Waals surface area contributed by atoms with Crippen LogP contribution in [0.4, 0.5) is 4.39 Å². The third-order valence-corrected chi connectivity index (χ3v) is 10.1. The number of hydrogen-bond acceptors (Lipinski definition) is 8. The van der Waals surface area contributed by atoms with Crippen molar-refractivity contribution in [1.29, 1.82) is 0 Å². The number of piperazine rings is 1. The van der Waals surface area contributed by atoms with Crippen LogP contribution in [0.3, 0.4) is 0 Å². The minimum atomic E-state index is -0.656. The fraction of sp³-hybridized carbons (Fsp3) is 0.395. The van der Waals surface area contributed by atoms with Crippen LogP contribution in [0.25, 0.3) is 27.8 Å². The van der Waals surface area contributed by atoms with Crippen molar-refractivity contribution in [2.24, 2.45) is 0 Å². The maximum atomic E-state index is 14.5. The van der Waals surface area contributed by atoms with Crippen LogP contribution in [0, 0.1) is 12.7 Å². The van der Waals surface area contributed by atoms with Crippen molar-refractivity contribution in [2.75, 3.05) is 26.2 Å². The Kier molecular flexibility index (Phi) is 9.48. The van der Waals surface area contributed by atoms with Gasteiger partial charge in [0.2, 0.25) is 0 Å². The number of hydrogen-bond donors (Lipinski definition) is 1. The fourth-order valence-corrected chi connectivity index (χ4v) is 7.27. The molecular formula is C38H42FN7O4. The zero-order chi connectivity index (χ0) is 34.9. The van der Waals surface area contributed by atoms with Gasteiger partial charge >= 0.3 is 5.69 Å². The molecule has 11 nitrogen and oxygen atoms in total. The summed E-state index contributed by atoms with van der Waals surface area (Å²) < 4.78 is 22.2. The standard InChI is InChI=1S/C38H42FN7O4/c1-24(2)44-17-15-43(16-18-44)23-26-7-9-27(10-8-26)28-5-4-6-32(20-28)45-35-33(21-29(39)22-40-35)37(48)46(38(45)49)31-13-11-30(12-14-31)41-36(47)34-19-25(3)50-42-34/h4-10,19-22,24,30-31H,11-18,23H2,1-3H3,(H,41,47)/t30-,31+. The van der Waals surface area contributed by atoms with Crippen LogP contribution in [-0.4, -0.2) is 73.2 Å². The molecule has 1 saturated carbocycles. The van der Waals surface area contributed by atoms with E-state index in [0.29, 0.717) is 43.2 Å². The SMILES string of the molecule is Cc1cc(C(=O)N[C@H]2CC[C@@H](n3c(=O)c4cc(F)cnc4n(-c4cccc(-c5ccc(CN6CCN(C(C)C)CC6)cc5)c4)c3=O)CC2)no1. The number of fused-ring (bicyclic) bond motifs is 1. The predicted molar refractivity (Wildman–Crippen MR) is 189 cm³/mol. The third-order valence-electron chi connectivity index (χ3n) is 10.1. The van der Waals surface area contributed by atoms with Gasteiger partial charge in [0, 0.05) is 56.9 Å². The molecule has 1 N–H and O–H groups in total. The van der Waals surface area contributed by atoms with Gasteiger partial charge < -0.3 is 9.84 Å². The molecule has 2 aliphatic rings. The van der Waals surface area contributed by atoms with Crippen molar-refractivity contribution in [3.05, 3.63) is 111 Å². The first-order chi connectivity index (χ1) is 24.1. The second-order valence-corrected chi connectivity index (χ2v) is 13.8. The summed E-state index contributed by atoms with van der Waals surface area (Å²) in [5, 5.41) is 6.79. The van der Waals surface area contributed by atoms with Crippen LogP contribution in [-0.2, 0) is 6.54 Å². The Bertz CT molecular complexity index is 2120. The molecule has 7 rings (SSSR count). The van der Waals surface area contributed by atoms with Crippen LogP contribution in [0.15, 0.2) is 81.0 Å². The van der Waals surface area contributed by atoms with Crippen molar-refractivity contribution in [3.63, 3.8) is 0 Å². The minimum absolute atomic E-state index is 0.0328. The van der Waals surface area contributed by atoms with Gasteiger partial charge in [-0.15, -0.1) is 0 Å². The molecule has 1 aliphatic heterocycles. The number of aryl methyl sites for hydroxylation is 1. The average Bonchev–Trinajstić information content (AvgIpc) is 3.56. The Hall–Kier alpha value is -4.94. The molecule has 260 valence electrons. The highest BCUT2D eigenvalue weighted by Crippen LogP contribution is 2.29. The van der Waals surface area contributed by atoms with Crippen molar-refractivity contribution in [2.45, 2.75) is 71.1 Å². The Balaban J connectivity index is 1.14. The third kappa shape index (κ3) is 6.90. The van der Waals surface area contributed by atoms with Crippen molar-refractivity contribution in [1.82, 2.24) is 34.4 Å². The summed E-state index contributed by atoms with van der Waals surface area (Å²) in [4.78, 5) is 49.9. The van der Waals surface area contributed by atoms with Gasteiger partial charge in [0.05, 0.1) is 17.3 Å². The van der Waals surface area contributed by atoms with Gasteiger partial charge in [-0.25, -0.2) is 18.7 Å². The molecule has 0 atom stereocenters. The summed E-state index contributed by atoms with van der Waals surface area (Å²) in [7, 11) is 0. The molecule has 0 bridgehead atoms. The van der Waals surface area contributed by atoms with Gasteiger partial charge in [-0.2, -0.15) is 0 Å². The number of carbonyl (C=O) groups excluding carboxylic acids is 1. The van der Waals surface area contributed by atoms with Gasteiger partial charge in [0.1, 0.15) is 11.6 Å². The second kappa shape index (κ2) is 14.1. The molecule has 0 unspecified atom stereocenters. The van der Waals surface area contributed by atoms with Gasteiger partial charge in [-0.1, -0.05) is 41.6 Å². The zero-order valence-corrected chi connectivity index (χ0v) is 28.6. The lowest BCUT2D eigenvalue weighted by Crippen LogP contribution is -2.48. The van der Waals surface area contributed by atoms with E-state index in [1.165, 1.54) is 14.7 Å². The largest absolute Gasteiger partial charge is 0.361 e. The van der Waals surface area contributed by atoms with E-state index in [1.807, 2.05) is 18.2 Å². The normalized spacial score (nSPS) is 18.9. The molecule has 50 heavy (non-hydrogen) atoms. The molecular weight excluding hydrogens is 637 g/mol. The first-order valence-corrected chi connectivity index (χ1v) is 17.4. The molecule has 5 aromatic rings. The number of rotatable bonds is 8. The fourth-order valence-electron chi connectivity index (χ4n) is 7.27. The molecule has 0 spiro atoms. The number of halogens is 1. The second-order valence-electron chi connectivity index (χ2n) is 13.8. The van der Waals surface area contributed by atoms with Crippen LogP contribution < -0.4 is 16.6 Å². The average molecular weight is 680 g/mol. The molecule has 12 heteroatoms. The number of aromatic nitrogens is 4. The van der Waals surface area contributed by atoms with Crippen molar-refractivity contribution < 1.29 is 13.7 Å². The monoisotopic (exact) mass is 679 g/mol. The van der Waals surface area contributed by atoms with Crippen LogP contribution in [0.5, 0.6) is 0 Å². The Morgan fingerprint density at radius 3 is 2.38 bits per heavy atom.